The number of pyridine rings is 1. The van der Waals surface area contributed by atoms with Crippen LogP contribution < -0.4 is 16.2 Å². The summed E-state index contributed by atoms with van der Waals surface area (Å²) >= 11 is 5.75. The summed E-state index contributed by atoms with van der Waals surface area (Å²) in [6.45, 7) is 0. The Morgan fingerprint density at radius 2 is 2.43 bits per heavy atom. The Labute approximate surface area is 85.3 Å². The minimum absolute atomic E-state index is 0.262. The molecule has 6 nitrogen and oxygen atoms in total. The summed E-state index contributed by atoms with van der Waals surface area (Å²) in [5.41, 5.74) is 2.66. The second-order valence-corrected chi connectivity index (χ2v) is 2.92. The number of nitrogens with zero attached hydrogens (tertiary/aromatic N) is 2. The van der Waals surface area contributed by atoms with E-state index in [9.17, 15) is 4.79 Å². The third-order valence-corrected chi connectivity index (χ3v) is 1.93. The van der Waals surface area contributed by atoms with Crippen LogP contribution in [0.25, 0.3) is 0 Å². The van der Waals surface area contributed by atoms with Crippen LogP contribution in [0.1, 0.15) is 0 Å². The largest absolute Gasteiger partial charge is 0.465 e. The quantitative estimate of drug-likeness (QED) is 0.509. The van der Waals surface area contributed by atoms with Crippen LogP contribution in [-0.4, -0.2) is 23.2 Å². The lowest BCUT2D eigenvalue weighted by atomic mass is 10.4. The minimum Gasteiger partial charge on any atom is -0.465 e. The Kier molecular flexibility index (Phi) is 3.10. The number of carbonyl (C=O) groups is 1. The monoisotopic (exact) mass is 216 g/mol. The van der Waals surface area contributed by atoms with Gasteiger partial charge in [-0.05, 0) is 6.07 Å². The SMILES string of the molecule is CN(C(=O)O)c1cnc(NN)c(Cl)c1. The molecule has 76 valence electrons. The molecule has 1 amide bonds. The van der Waals surface area contributed by atoms with E-state index < -0.39 is 6.09 Å². The van der Waals surface area contributed by atoms with Crippen molar-refractivity contribution in [2.45, 2.75) is 0 Å². The summed E-state index contributed by atoms with van der Waals surface area (Å²) in [6, 6.07) is 1.46. The van der Waals surface area contributed by atoms with E-state index in [1.165, 1.54) is 19.3 Å². The van der Waals surface area contributed by atoms with Crippen molar-refractivity contribution in [2.75, 3.05) is 17.4 Å². The van der Waals surface area contributed by atoms with Crippen LogP contribution >= 0.6 is 11.6 Å². The molecule has 0 bridgehead atoms. The van der Waals surface area contributed by atoms with Gasteiger partial charge in [-0.25, -0.2) is 15.6 Å². The van der Waals surface area contributed by atoms with Gasteiger partial charge in [0.1, 0.15) is 0 Å². The van der Waals surface area contributed by atoms with Crippen LogP contribution in [0.3, 0.4) is 0 Å². The molecule has 0 radical (unpaired) electrons. The molecule has 0 spiro atoms. The Hall–Kier alpha value is -1.53. The van der Waals surface area contributed by atoms with Crippen LogP contribution in [0.2, 0.25) is 5.02 Å². The molecule has 1 rings (SSSR count). The second kappa shape index (κ2) is 4.12. The maximum absolute atomic E-state index is 10.6. The number of nitrogens with one attached hydrogen (secondary N) is 1. The van der Waals surface area contributed by atoms with Crippen molar-refractivity contribution in [3.8, 4) is 0 Å². The molecule has 0 atom stereocenters. The van der Waals surface area contributed by atoms with E-state index in [0.29, 0.717) is 11.5 Å². The van der Waals surface area contributed by atoms with E-state index >= 15 is 0 Å². The summed E-state index contributed by atoms with van der Waals surface area (Å²) in [5.74, 6) is 5.41. The summed E-state index contributed by atoms with van der Waals surface area (Å²) in [5, 5.41) is 8.93. The number of hydrogen-bond acceptors (Lipinski definition) is 4. The average molecular weight is 217 g/mol. The molecule has 1 aromatic heterocycles. The molecule has 0 saturated carbocycles. The van der Waals surface area contributed by atoms with Crippen molar-refractivity contribution in [3.05, 3.63) is 17.3 Å². The Morgan fingerprint density at radius 1 is 1.79 bits per heavy atom. The highest BCUT2D eigenvalue weighted by Gasteiger charge is 2.10. The molecule has 7 heteroatoms. The van der Waals surface area contributed by atoms with Gasteiger partial charge in [0.2, 0.25) is 0 Å². The number of anilines is 2. The fourth-order valence-corrected chi connectivity index (χ4v) is 1.04. The van der Waals surface area contributed by atoms with Gasteiger partial charge in [0.15, 0.2) is 5.82 Å². The van der Waals surface area contributed by atoms with Crippen molar-refractivity contribution in [3.63, 3.8) is 0 Å². The van der Waals surface area contributed by atoms with Crippen LogP contribution in [0, 0.1) is 0 Å². The first kappa shape index (κ1) is 10.6. The molecule has 0 unspecified atom stereocenters. The summed E-state index contributed by atoms with van der Waals surface area (Å²) in [4.78, 5) is 15.4. The molecule has 4 N–H and O–H groups in total. The first-order valence-corrected chi connectivity index (χ1v) is 4.03. The zero-order valence-electron chi connectivity index (χ0n) is 7.36. The Morgan fingerprint density at radius 3 is 2.86 bits per heavy atom. The van der Waals surface area contributed by atoms with Gasteiger partial charge in [-0.15, -0.1) is 0 Å². The number of halogens is 1. The molecule has 0 aromatic carbocycles. The lowest BCUT2D eigenvalue weighted by molar-refractivity contribution is 0.203. The molecule has 0 saturated heterocycles. The second-order valence-electron chi connectivity index (χ2n) is 2.51. The minimum atomic E-state index is -1.09. The molecular formula is C7H9ClN4O2. The van der Waals surface area contributed by atoms with Gasteiger partial charge >= 0.3 is 6.09 Å². The molecular weight excluding hydrogens is 208 g/mol. The molecule has 0 aliphatic heterocycles. The predicted octanol–water partition coefficient (Wildman–Crippen LogP) is 1.13. The number of hydrazine groups is 1. The van der Waals surface area contributed by atoms with Crippen molar-refractivity contribution in [1.29, 1.82) is 0 Å². The summed E-state index contributed by atoms with van der Waals surface area (Å²) in [7, 11) is 1.39. The smallest absolute Gasteiger partial charge is 0.411 e. The van der Waals surface area contributed by atoms with Crippen LogP contribution in [0.15, 0.2) is 12.3 Å². The van der Waals surface area contributed by atoms with Gasteiger partial charge in [0, 0.05) is 7.05 Å². The van der Waals surface area contributed by atoms with E-state index in [1.54, 1.807) is 0 Å². The number of amides is 1. The number of hydrogen-bond donors (Lipinski definition) is 3. The Balaban J connectivity index is 3.02. The maximum Gasteiger partial charge on any atom is 0.411 e. The molecule has 14 heavy (non-hydrogen) atoms. The van der Waals surface area contributed by atoms with E-state index in [0.717, 1.165) is 4.90 Å². The number of nitrogens with two attached hydrogens (primary N) is 1. The zero-order valence-corrected chi connectivity index (χ0v) is 8.12. The molecule has 1 heterocycles. The normalized spacial score (nSPS) is 9.64. The fraction of sp³-hybridized carbons (Fsp3) is 0.143. The van der Waals surface area contributed by atoms with Gasteiger partial charge in [0.05, 0.1) is 16.9 Å². The number of nitrogen functional groups attached to an aromatic ring is 1. The van der Waals surface area contributed by atoms with E-state index in [4.69, 9.17) is 22.6 Å². The zero-order chi connectivity index (χ0) is 10.7. The number of carboxylic acid groups (broad SMARTS) is 1. The fourth-order valence-electron chi connectivity index (χ4n) is 0.828. The third-order valence-electron chi connectivity index (χ3n) is 1.64. The molecule has 0 aliphatic carbocycles. The topological polar surface area (TPSA) is 91.5 Å². The van der Waals surface area contributed by atoms with Crippen LogP contribution in [-0.2, 0) is 0 Å². The first-order chi connectivity index (χ1) is 6.56. The van der Waals surface area contributed by atoms with E-state index in [2.05, 4.69) is 10.4 Å². The van der Waals surface area contributed by atoms with E-state index in [1.807, 2.05) is 0 Å². The van der Waals surface area contributed by atoms with Crippen molar-refractivity contribution < 1.29 is 9.90 Å². The van der Waals surface area contributed by atoms with Crippen molar-refractivity contribution >= 4 is 29.2 Å². The van der Waals surface area contributed by atoms with E-state index in [-0.39, 0.29) is 5.02 Å². The van der Waals surface area contributed by atoms with Crippen LogP contribution in [0.5, 0.6) is 0 Å². The highest BCUT2D eigenvalue weighted by atomic mass is 35.5. The lowest BCUT2D eigenvalue weighted by Crippen LogP contribution is -2.24. The highest BCUT2D eigenvalue weighted by Crippen LogP contribution is 2.23. The Bertz CT molecular complexity index is 358. The summed E-state index contributed by atoms with van der Waals surface area (Å²) < 4.78 is 0. The van der Waals surface area contributed by atoms with Gasteiger partial charge in [-0.3, -0.25) is 4.90 Å². The third kappa shape index (κ3) is 2.04. The standard InChI is InChI=1S/C7H9ClN4O2/c1-12(7(13)14)4-2-5(8)6(11-9)10-3-4/h2-3H,9H2,1H3,(H,10,11)(H,13,14). The predicted molar refractivity (Wildman–Crippen MR) is 53.5 cm³/mol. The maximum atomic E-state index is 10.6. The summed E-state index contributed by atoms with van der Waals surface area (Å²) in [6.07, 6.45) is 0.270. The molecule has 0 aliphatic rings. The first-order valence-electron chi connectivity index (χ1n) is 3.65. The number of aromatic nitrogens is 1. The van der Waals surface area contributed by atoms with Crippen molar-refractivity contribution in [2.24, 2.45) is 5.84 Å². The van der Waals surface area contributed by atoms with Crippen LogP contribution in [0.4, 0.5) is 16.3 Å². The molecule has 0 fully saturated rings. The lowest BCUT2D eigenvalue weighted by Gasteiger charge is -2.13. The average Bonchev–Trinajstić information content (AvgIpc) is 2.16. The van der Waals surface area contributed by atoms with Gasteiger partial charge < -0.3 is 10.5 Å². The highest BCUT2D eigenvalue weighted by molar-refractivity contribution is 6.33. The molecule has 1 aromatic rings. The number of rotatable bonds is 2. The van der Waals surface area contributed by atoms with Gasteiger partial charge in [-0.2, -0.15) is 0 Å². The van der Waals surface area contributed by atoms with Crippen molar-refractivity contribution in [1.82, 2.24) is 4.98 Å². The van der Waals surface area contributed by atoms with Gasteiger partial charge in [-0.1, -0.05) is 11.6 Å². The van der Waals surface area contributed by atoms with Gasteiger partial charge in [0.25, 0.3) is 0 Å².